The number of likely N-dealkylation sites (N-methyl/N-ethyl adjacent to an activating group) is 2. The lowest BCUT2D eigenvalue weighted by Crippen LogP contribution is -2.29. The molecule has 9 heteroatoms. The maximum absolute atomic E-state index is 12.8. The van der Waals surface area contributed by atoms with E-state index in [1.807, 2.05) is 23.9 Å². The monoisotopic (exact) mass is 374 g/mol. The van der Waals surface area contributed by atoms with Crippen molar-refractivity contribution in [2.24, 2.45) is 0 Å². The molecule has 1 amide bonds. The Morgan fingerprint density at radius 2 is 1.85 bits per heavy atom. The van der Waals surface area contributed by atoms with Crippen LogP contribution in [0.4, 0.5) is 30.6 Å². The van der Waals surface area contributed by atoms with Crippen LogP contribution in [0.5, 0.6) is 5.75 Å². The number of amides is 1. The van der Waals surface area contributed by atoms with Gasteiger partial charge in [0.1, 0.15) is 5.60 Å². The lowest BCUT2D eigenvalue weighted by atomic mass is 10.2. The molecule has 0 atom stereocenters. The lowest BCUT2D eigenvalue weighted by molar-refractivity contribution is -0.0493. The van der Waals surface area contributed by atoms with Gasteiger partial charge in [0.2, 0.25) is 0 Å². The Balaban J connectivity index is 3.10. The van der Waals surface area contributed by atoms with Crippen molar-refractivity contribution in [3.8, 4) is 5.75 Å². The number of rotatable bonds is 7. The third kappa shape index (κ3) is 7.30. The van der Waals surface area contributed by atoms with Gasteiger partial charge >= 0.3 is 12.7 Å². The first kappa shape index (κ1) is 21.8. The number of alkyl halides is 2. The van der Waals surface area contributed by atoms with E-state index in [9.17, 15) is 13.6 Å². The van der Waals surface area contributed by atoms with Crippen molar-refractivity contribution in [1.82, 2.24) is 4.90 Å². The number of nitrogens with zero attached hydrogens (tertiary/aromatic N) is 2. The molecular formula is C17H28F2N4O3. The van der Waals surface area contributed by atoms with Gasteiger partial charge in [0, 0.05) is 26.2 Å². The molecule has 7 nitrogen and oxygen atoms in total. The first-order valence-electron chi connectivity index (χ1n) is 8.13. The zero-order valence-electron chi connectivity index (χ0n) is 16.1. The molecule has 0 unspecified atom stereocenters. The van der Waals surface area contributed by atoms with Crippen LogP contribution in [0, 0.1) is 0 Å². The molecule has 148 valence electrons. The molecule has 1 aromatic rings. The minimum Gasteiger partial charge on any atom is -0.444 e. The van der Waals surface area contributed by atoms with Crippen molar-refractivity contribution in [1.29, 1.82) is 0 Å². The van der Waals surface area contributed by atoms with E-state index in [0.29, 0.717) is 17.9 Å². The molecule has 0 saturated heterocycles. The molecule has 1 aromatic carbocycles. The van der Waals surface area contributed by atoms with Crippen molar-refractivity contribution in [3.63, 3.8) is 0 Å². The first-order valence-corrected chi connectivity index (χ1v) is 8.13. The number of nitrogens with one attached hydrogen (secondary N) is 1. The summed E-state index contributed by atoms with van der Waals surface area (Å²) in [5, 5.41) is 2.40. The van der Waals surface area contributed by atoms with E-state index in [-0.39, 0.29) is 11.4 Å². The molecule has 0 heterocycles. The predicted octanol–water partition coefficient (Wildman–Crippen LogP) is 3.22. The summed E-state index contributed by atoms with van der Waals surface area (Å²) >= 11 is 0. The van der Waals surface area contributed by atoms with Gasteiger partial charge in [-0.05, 0) is 40.9 Å². The Labute approximate surface area is 153 Å². The summed E-state index contributed by atoms with van der Waals surface area (Å²) < 4.78 is 35.2. The number of halogens is 2. The highest BCUT2D eigenvalue weighted by Gasteiger charge is 2.20. The van der Waals surface area contributed by atoms with Gasteiger partial charge in [0.25, 0.3) is 0 Å². The minimum absolute atomic E-state index is 0.0156. The number of carbonyl (C=O) groups excluding carboxylic acids is 1. The molecule has 0 saturated carbocycles. The second-order valence-electron chi connectivity index (χ2n) is 7.14. The van der Waals surface area contributed by atoms with Gasteiger partial charge in [-0.3, -0.25) is 5.32 Å². The Bertz CT molecular complexity index is 619. The third-order valence-corrected chi connectivity index (χ3v) is 3.27. The van der Waals surface area contributed by atoms with E-state index in [1.54, 1.807) is 27.8 Å². The predicted molar refractivity (Wildman–Crippen MR) is 99.2 cm³/mol. The maximum atomic E-state index is 12.8. The molecule has 26 heavy (non-hydrogen) atoms. The summed E-state index contributed by atoms with van der Waals surface area (Å²) in [5.74, 6) is -0.188. The summed E-state index contributed by atoms with van der Waals surface area (Å²) in [4.78, 5) is 15.8. The molecule has 0 aromatic heterocycles. The quantitative estimate of drug-likeness (QED) is 0.714. The average molecular weight is 374 g/mol. The highest BCUT2D eigenvalue weighted by molar-refractivity contribution is 5.90. The summed E-state index contributed by atoms with van der Waals surface area (Å²) in [6.45, 7) is 3.42. The number of anilines is 3. The van der Waals surface area contributed by atoms with Crippen molar-refractivity contribution in [2.75, 3.05) is 50.2 Å². The zero-order chi connectivity index (χ0) is 20.1. The standard InChI is InChI=1S/C17H28F2N4O3/c1-17(2,3)26-16(24)21-12-9-11(20)13(10-14(12)25-15(18)19)23(6)8-7-22(4)5/h9-10,15H,7-8,20H2,1-6H3,(H,21,24). The van der Waals surface area contributed by atoms with Gasteiger partial charge < -0.3 is 25.0 Å². The Morgan fingerprint density at radius 1 is 1.23 bits per heavy atom. The Morgan fingerprint density at radius 3 is 2.35 bits per heavy atom. The molecular weight excluding hydrogens is 346 g/mol. The molecule has 0 radical (unpaired) electrons. The van der Waals surface area contributed by atoms with Crippen LogP contribution in [0.3, 0.4) is 0 Å². The second-order valence-corrected chi connectivity index (χ2v) is 7.14. The average Bonchev–Trinajstić information content (AvgIpc) is 2.44. The van der Waals surface area contributed by atoms with E-state index in [1.165, 1.54) is 12.1 Å². The molecule has 0 aliphatic heterocycles. The van der Waals surface area contributed by atoms with Gasteiger partial charge in [0.15, 0.2) is 5.75 Å². The van der Waals surface area contributed by atoms with Crippen LogP contribution >= 0.6 is 0 Å². The topological polar surface area (TPSA) is 80.1 Å². The minimum atomic E-state index is -3.04. The summed E-state index contributed by atoms with van der Waals surface area (Å²) in [5.41, 5.74) is 6.17. The van der Waals surface area contributed by atoms with Crippen molar-refractivity contribution in [2.45, 2.75) is 33.0 Å². The van der Waals surface area contributed by atoms with Crippen LogP contribution in [-0.4, -0.2) is 57.4 Å². The molecule has 0 bridgehead atoms. The smallest absolute Gasteiger partial charge is 0.412 e. The fourth-order valence-electron chi connectivity index (χ4n) is 2.09. The van der Waals surface area contributed by atoms with E-state index < -0.39 is 18.3 Å². The van der Waals surface area contributed by atoms with Crippen molar-refractivity contribution in [3.05, 3.63) is 12.1 Å². The van der Waals surface area contributed by atoms with Gasteiger partial charge in [0.05, 0.1) is 17.1 Å². The second kappa shape index (κ2) is 8.88. The van der Waals surface area contributed by atoms with E-state index in [2.05, 4.69) is 10.1 Å². The maximum Gasteiger partial charge on any atom is 0.412 e. The molecule has 0 spiro atoms. The molecule has 1 rings (SSSR count). The lowest BCUT2D eigenvalue weighted by Gasteiger charge is -2.25. The summed E-state index contributed by atoms with van der Waals surface area (Å²) in [6, 6.07) is 2.76. The largest absolute Gasteiger partial charge is 0.444 e. The summed E-state index contributed by atoms with van der Waals surface area (Å²) in [7, 11) is 5.65. The van der Waals surface area contributed by atoms with Crippen LogP contribution in [-0.2, 0) is 4.74 Å². The van der Waals surface area contributed by atoms with Crippen LogP contribution in [0.15, 0.2) is 12.1 Å². The zero-order valence-corrected chi connectivity index (χ0v) is 16.1. The van der Waals surface area contributed by atoms with Gasteiger partial charge in [-0.25, -0.2) is 4.79 Å². The third-order valence-electron chi connectivity index (χ3n) is 3.27. The van der Waals surface area contributed by atoms with Gasteiger partial charge in [-0.15, -0.1) is 0 Å². The Kier molecular flexibility index (Phi) is 7.43. The Hall–Kier alpha value is -2.29. The SMILES string of the molecule is CN(C)CCN(C)c1cc(OC(F)F)c(NC(=O)OC(C)(C)C)cc1N. The first-order chi connectivity index (χ1) is 11.9. The van der Waals surface area contributed by atoms with Crippen molar-refractivity contribution >= 4 is 23.2 Å². The number of nitrogens with two attached hydrogens (primary N) is 1. The number of hydrogen-bond acceptors (Lipinski definition) is 6. The number of benzene rings is 1. The van der Waals surface area contributed by atoms with Gasteiger partial charge in [-0.1, -0.05) is 0 Å². The number of carbonyl (C=O) groups is 1. The van der Waals surface area contributed by atoms with Crippen molar-refractivity contribution < 1.29 is 23.0 Å². The highest BCUT2D eigenvalue weighted by atomic mass is 19.3. The van der Waals surface area contributed by atoms with Crippen LogP contribution in [0.1, 0.15) is 20.8 Å². The van der Waals surface area contributed by atoms with Crippen LogP contribution < -0.4 is 20.7 Å². The van der Waals surface area contributed by atoms with E-state index in [0.717, 1.165) is 6.54 Å². The normalized spacial score (nSPS) is 11.6. The van der Waals surface area contributed by atoms with Gasteiger partial charge in [-0.2, -0.15) is 8.78 Å². The summed E-state index contributed by atoms with van der Waals surface area (Å²) in [6.07, 6.45) is -0.787. The van der Waals surface area contributed by atoms with Crippen LogP contribution in [0.2, 0.25) is 0 Å². The molecule has 0 fully saturated rings. The van der Waals surface area contributed by atoms with E-state index in [4.69, 9.17) is 10.5 Å². The number of hydrogen-bond donors (Lipinski definition) is 2. The molecule has 0 aliphatic carbocycles. The van der Waals surface area contributed by atoms with E-state index >= 15 is 0 Å². The fraction of sp³-hybridized carbons (Fsp3) is 0.588. The fourth-order valence-corrected chi connectivity index (χ4v) is 2.09. The number of ether oxygens (including phenoxy) is 2. The molecule has 0 aliphatic rings. The number of nitrogen functional groups attached to an aromatic ring is 1. The molecule has 3 N–H and O–H groups in total. The highest BCUT2D eigenvalue weighted by Crippen LogP contribution is 2.36. The van der Waals surface area contributed by atoms with Crippen LogP contribution in [0.25, 0.3) is 0 Å².